The molecule has 1 aromatic heterocycles. The highest BCUT2D eigenvalue weighted by Crippen LogP contribution is 2.19. The van der Waals surface area contributed by atoms with Gasteiger partial charge in [-0.3, -0.25) is 0 Å². The van der Waals surface area contributed by atoms with E-state index in [1.807, 2.05) is 0 Å². The van der Waals surface area contributed by atoms with Crippen molar-refractivity contribution in [3.63, 3.8) is 0 Å². The fourth-order valence-corrected chi connectivity index (χ4v) is 3.73. The van der Waals surface area contributed by atoms with E-state index < -0.39 is 12.3 Å². The van der Waals surface area contributed by atoms with Gasteiger partial charge in [0.1, 0.15) is 12.3 Å². The van der Waals surface area contributed by atoms with Crippen molar-refractivity contribution >= 4 is 0 Å². The molecule has 5 heteroatoms. The molecule has 0 saturated carbocycles. The number of hydrogen-bond donors (Lipinski definition) is 0. The summed E-state index contributed by atoms with van der Waals surface area (Å²) in [5.41, 5.74) is 2.30. The molecule has 1 aromatic carbocycles. The van der Waals surface area contributed by atoms with Crippen LogP contribution >= 0.6 is 0 Å². The molecule has 0 saturated heterocycles. The highest BCUT2D eigenvalue weighted by Gasteiger charge is 2.18. The third kappa shape index (κ3) is 10.1. The highest BCUT2D eigenvalue weighted by molar-refractivity contribution is 5.55. The summed E-state index contributed by atoms with van der Waals surface area (Å²) in [7, 11) is 0. The van der Waals surface area contributed by atoms with Crippen molar-refractivity contribution < 1.29 is 13.5 Å². The monoisotopic (exact) mass is 446 g/mol. The maximum Gasteiger partial charge on any atom is 0.159 e. The van der Waals surface area contributed by atoms with E-state index in [2.05, 4.69) is 41.2 Å². The predicted octanol–water partition coefficient (Wildman–Crippen LogP) is 8.07. The SMILES string of the molecule is CCCCCCCCCCCc1ccc(-c2ncc(OCCC(F)C(F)CC)cn2)cc1. The van der Waals surface area contributed by atoms with Crippen LogP contribution in [-0.2, 0) is 6.42 Å². The lowest BCUT2D eigenvalue weighted by Gasteiger charge is -2.12. The average molecular weight is 447 g/mol. The number of aryl methyl sites for hydroxylation is 1. The summed E-state index contributed by atoms with van der Waals surface area (Å²) >= 11 is 0. The van der Waals surface area contributed by atoms with Crippen molar-refractivity contribution in [1.29, 1.82) is 0 Å². The Morgan fingerprint density at radius 3 is 1.97 bits per heavy atom. The third-order valence-corrected chi connectivity index (χ3v) is 5.85. The molecule has 2 rings (SSSR count). The molecule has 1 heterocycles. The van der Waals surface area contributed by atoms with Gasteiger partial charge in [0.25, 0.3) is 0 Å². The molecule has 0 bridgehead atoms. The summed E-state index contributed by atoms with van der Waals surface area (Å²) in [6.07, 6.45) is 13.6. The lowest BCUT2D eigenvalue weighted by atomic mass is 10.0. The van der Waals surface area contributed by atoms with Gasteiger partial charge in [0, 0.05) is 12.0 Å². The van der Waals surface area contributed by atoms with Gasteiger partial charge in [-0.25, -0.2) is 18.7 Å². The molecule has 2 aromatic rings. The lowest BCUT2D eigenvalue weighted by Crippen LogP contribution is -2.19. The summed E-state index contributed by atoms with van der Waals surface area (Å²) < 4.78 is 32.2. The van der Waals surface area contributed by atoms with Crippen molar-refractivity contribution in [2.24, 2.45) is 0 Å². The number of benzene rings is 1. The van der Waals surface area contributed by atoms with Crippen molar-refractivity contribution in [2.75, 3.05) is 6.61 Å². The Morgan fingerprint density at radius 2 is 1.38 bits per heavy atom. The van der Waals surface area contributed by atoms with Gasteiger partial charge in [-0.15, -0.1) is 0 Å². The first-order valence-electron chi connectivity index (χ1n) is 12.5. The molecule has 0 aliphatic heterocycles. The second-order valence-electron chi connectivity index (χ2n) is 8.60. The second kappa shape index (κ2) is 15.7. The molecule has 0 fully saturated rings. The fraction of sp³-hybridized carbons (Fsp3) is 0.630. The van der Waals surface area contributed by atoms with Gasteiger partial charge in [-0.2, -0.15) is 0 Å². The number of hydrogen-bond acceptors (Lipinski definition) is 3. The van der Waals surface area contributed by atoms with E-state index in [0.29, 0.717) is 11.6 Å². The quantitative estimate of drug-likeness (QED) is 0.230. The summed E-state index contributed by atoms with van der Waals surface area (Å²) in [5.74, 6) is 1.10. The molecule has 0 aliphatic carbocycles. The van der Waals surface area contributed by atoms with Gasteiger partial charge in [0.05, 0.1) is 19.0 Å². The van der Waals surface area contributed by atoms with Crippen LogP contribution < -0.4 is 4.74 Å². The van der Waals surface area contributed by atoms with Crippen molar-refractivity contribution in [3.8, 4) is 17.1 Å². The van der Waals surface area contributed by atoms with Crippen LogP contribution in [0.25, 0.3) is 11.4 Å². The van der Waals surface area contributed by atoms with E-state index in [0.717, 1.165) is 12.0 Å². The Morgan fingerprint density at radius 1 is 0.781 bits per heavy atom. The zero-order valence-corrected chi connectivity index (χ0v) is 19.9. The minimum atomic E-state index is -1.49. The number of rotatable bonds is 17. The molecule has 0 aliphatic rings. The van der Waals surface area contributed by atoms with E-state index in [9.17, 15) is 8.78 Å². The summed E-state index contributed by atoms with van der Waals surface area (Å²) in [6, 6.07) is 8.41. The van der Waals surface area contributed by atoms with Crippen LogP contribution in [0.3, 0.4) is 0 Å². The number of aromatic nitrogens is 2. The van der Waals surface area contributed by atoms with Crippen LogP contribution in [0, 0.1) is 0 Å². The number of halogens is 2. The molecule has 2 unspecified atom stereocenters. The minimum absolute atomic E-state index is 0.0250. The van der Waals surface area contributed by atoms with Gasteiger partial charge in [-0.1, -0.05) is 89.5 Å². The molecule has 0 radical (unpaired) electrons. The topological polar surface area (TPSA) is 35.0 Å². The highest BCUT2D eigenvalue weighted by atomic mass is 19.2. The Kier molecular flexibility index (Phi) is 12.9. The van der Waals surface area contributed by atoms with E-state index in [1.54, 1.807) is 19.3 Å². The van der Waals surface area contributed by atoms with Gasteiger partial charge < -0.3 is 4.74 Å². The van der Waals surface area contributed by atoms with E-state index in [-0.39, 0.29) is 19.4 Å². The van der Waals surface area contributed by atoms with Gasteiger partial charge >= 0.3 is 0 Å². The van der Waals surface area contributed by atoms with Crippen molar-refractivity contribution in [1.82, 2.24) is 9.97 Å². The molecule has 3 nitrogen and oxygen atoms in total. The van der Waals surface area contributed by atoms with Crippen molar-refractivity contribution in [2.45, 2.75) is 103 Å². The zero-order chi connectivity index (χ0) is 23.0. The van der Waals surface area contributed by atoms with Gasteiger partial charge in [0.15, 0.2) is 11.6 Å². The summed E-state index contributed by atoms with van der Waals surface area (Å²) in [4.78, 5) is 8.69. The van der Waals surface area contributed by atoms with Crippen LogP contribution in [0.2, 0.25) is 0 Å². The van der Waals surface area contributed by atoms with E-state index >= 15 is 0 Å². The van der Waals surface area contributed by atoms with Crippen LogP contribution in [0.5, 0.6) is 5.75 Å². The molecule has 0 N–H and O–H groups in total. The second-order valence-corrected chi connectivity index (χ2v) is 8.60. The number of nitrogens with zero attached hydrogens (tertiary/aromatic N) is 2. The molecule has 0 spiro atoms. The third-order valence-electron chi connectivity index (χ3n) is 5.85. The first-order valence-corrected chi connectivity index (χ1v) is 12.5. The Bertz CT molecular complexity index is 721. The van der Waals surface area contributed by atoms with Gasteiger partial charge in [-0.05, 0) is 24.8 Å². The fourth-order valence-electron chi connectivity index (χ4n) is 3.73. The number of ether oxygens (including phenoxy) is 1. The zero-order valence-electron chi connectivity index (χ0n) is 19.9. The minimum Gasteiger partial charge on any atom is -0.490 e. The predicted molar refractivity (Wildman–Crippen MR) is 129 cm³/mol. The Balaban J connectivity index is 1.66. The molecule has 2 atom stereocenters. The molecular formula is C27H40F2N2O. The van der Waals surface area contributed by atoms with Crippen LogP contribution in [0.15, 0.2) is 36.7 Å². The molecule has 32 heavy (non-hydrogen) atoms. The standard InChI is InChI=1S/C27H40F2N2O/c1-3-5-6-7-8-9-10-11-12-13-22-14-16-23(17-15-22)27-30-20-24(21-31-27)32-19-18-26(29)25(28)4-2/h14-17,20-21,25-26H,3-13,18-19H2,1-2H3. The number of unbranched alkanes of at least 4 members (excludes halogenated alkanes) is 8. The molecular weight excluding hydrogens is 406 g/mol. The first-order chi connectivity index (χ1) is 15.6. The van der Waals surface area contributed by atoms with Crippen LogP contribution in [-0.4, -0.2) is 28.9 Å². The average Bonchev–Trinajstić information content (AvgIpc) is 2.83. The van der Waals surface area contributed by atoms with E-state index in [4.69, 9.17) is 4.74 Å². The normalized spacial score (nSPS) is 13.1. The van der Waals surface area contributed by atoms with Crippen LogP contribution in [0.1, 0.15) is 90.0 Å². The maximum absolute atomic E-state index is 13.5. The summed E-state index contributed by atoms with van der Waals surface area (Å²) in [5, 5.41) is 0. The molecule has 0 amide bonds. The maximum atomic E-state index is 13.5. The Labute approximate surface area is 193 Å². The number of alkyl halides is 2. The van der Waals surface area contributed by atoms with Gasteiger partial charge in [0.2, 0.25) is 0 Å². The summed E-state index contributed by atoms with van der Waals surface area (Å²) in [6.45, 7) is 4.00. The van der Waals surface area contributed by atoms with E-state index in [1.165, 1.54) is 63.4 Å². The van der Waals surface area contributed by atoms with Crippen LogP contribution in [0.4, 0.5) is 8.78 Å². The smallest absolute Gasteiger partial charge is 0.159 e. The molecule has 178 valence electrons. The first kappa shape index (κ1) is 26.2. The Hall–Kier alpha value is -2.04. The largest absolute Gasteiger partial charge is 0.490 e. The van der Waals surface area contributed by atoms with Crippen molar-refractivity contribution in [3.05, 3.63) is 42.2 Å². The lowest BCUT2D eigenvalue weighted by molar-refractivity contribution is 0.133.